The average molecular weight is 898 g/mol. The number of halogens is 6. The fraction of sp³-hybridized carbons (Fsp3) is 0.500. The van der Waals surface area contributed by atoms with Gasteiger partial charge in [-0.2, -0.15) is 0 Å². The number of hydroxylamine groups is 2. The van der Waals surface area contributed by atoms with Gasteiger partial charge in [0.1, 0.15) is 0 Å². The average Bonchev–Trinajstić information content (AvgIpc) is 3.14. The molecule has 0 aliphatic rings. The molecule has 1 aromatic heterocycles. The number of fused-ring (bicyclic) bond motifs is 1. The summed E-state index contributed by atoms with van der Waals surface area (Å²) >= 11 is 0. The molecule has 0 aliphatic carbocycles. The van der Waals surface area contributed by atoms with Gasteiger partial charge in [-0.15, -0.1) is 25.2 Å². The fourth-order valence-corrected chi connectivity index (χ4v) is 8.37. The summed E-state index contributed by atoms with van der Waals surface area (Å²) in [5, 5.41) is 24.9. The van der Waals surface area contributed by atoms with Crippen molar-refractivity contribution in [1.29, 1.82) is 0 Å². The molecule has 25 nitrogen and oxygen atoms in total. The number of quaternary nitrogens is 1. The van der Waals surface area contributed by atoms with Crippen molar-refractivity contribution in [2.45, 2.75) is 0 Å². The first-order valence-corrected chi connectivity index (χ1v) is 21.8. The second kappa shape index (κ2) is 23.2. The first kappa shape index (κ1) is 58.7. The molecular weight excluding hydrogens is 863 g/mol. The topological polar surface area (TPSA) is 416 Å². The van der Waals surface area contributed by atoms with Gasteiger partial charge in [0, 0.05) is 0 Å². The Morgan fingerprint density at radius 3 is 1.06 bits per heavy atom. The van der Waals surface area contributed by atoms with Gasteiger partial charge in [0.2, 0.25) is 0 Å². The molecule has 0 saturated heterocycles. The van der Waals surface area contributed by atoms with Gasteiger partial charge in [-0.3, -0.25) is 58.7 Å². The van der Waals surface area contributed by atoms with Gasteiger partial charge in [-0.1, -0.05) is 0 Å². The SMILES string of the molecule is CN(C)[PH](c1cccc2[nH]nnc12)(N(C)C)[N+](C)(C)[O-].O=P(O)(O)F.O=P(O)(O)F.O=P(O)(O)F.O=P(O)(O)F.O=P(O)(O)F.O=P(O)(O)F. The number of nitrogens with zero attached hydrogens (tertiary/aromatic N) is 5. The van der Waals surface area contributed by atoms with Crippen LogP contribution in [0.15, 0.2) is 18.2 Å². The van der Waals surface area contributed by atoms with Crippen LogP contribution in [0.25, 0.3) is 11.0 Å². The largest absolute Gasteiger partial charge is 0.507 e. The predicted molar refractivity (Wildman–Crippen MR) is 164 cm³/mol. The first-order chi connectivity index (χ1) is 21.2. The zero-order valence-corrected chi connectivity index (χ0v) is 32.0. The predicted octanol–water partition coefficient (Wildman–Crippen LogP) is 1.07. The number of aromatic amines is 1. The Morgan fingerprint density at radius 2 is 0.860 bits per heavy atom. The number of nitrogens with one attached hydrogen (secondary N) is 1. The van der Waals surface area contributed by atoms with Crippen LogP contribution in [-0.2, 0) is 27.4 Å². The van der Waals surface area contributed by atoms with E-state index in [1.165, 1.54) is 0 Å². The van der Waals surface area contributed by atoms with Crippen molar-refractivity contribution in [1.82, 2.24) is 24.8 Å². The van der Waals surface area contributed by atoms with Crippen molar-refractivity contribution in [2.75, 3.05) is 42.3 Å². The van der Waals surface area contributed by atoms with Crippen LogP contribution < -0.4 is 5.30 Å². The molecule has 1 aromatic carbocycles. The second-order valence-corrected chi connectivity index (χ2v) is 19.0. The van der Waals surface area contributed by atoms with Gasteiger partial charge in [0.15, 0.2) is 0 Å². The van der Waals surface area contributed by atoms with Crippen molar-refractivity contribution in [3.05, 3.63) is 23.4 Å². The van der Waals surface area contributed by atoms with Gasteiger partial charge in [0.25, 0.3) is 0 Å². The minimum Gasteiger partial charge on any atom is -0.299 e. The maximum atomic E-state index is 13.0. The summed E-state index contributed by atoms with van der Waals surface area (Å²) in [5.74, 6) is 0. The van der Waals surface area contributed by atoms with E-state index in [2.05, 4.69) is 24.8 Å². The molecular formula is C12H35F6N6O19P7. The molecule has 50 heavy (non-hydrogen) atoms. The molecule has 304 valence electrons. The summed E-state index contributed by atoms with van der Waals surface area (Å²) in [4.78, 5) is 83.6. The van der Waals surface area contributed by atoms with Crippen LogP contribution in [-0.4, -0.2) is 130 Å². The van der Waals surface area contributed by atoms with Gasteiger partial charge >= 0.3 is 166 Å². The summed E-state index contributed by atoms with van der Waals surface area (Å²) in [6.45, 7) is 0. The van der Waals surface area contributed by atoms with Crippen LogP contribution in [0.2, 0.25) is 0 Å². The van der Waals surface area contributed by atoms with Crippen LogP contribution in [0.3, 0.4) is 0 Å². The summed E-state index contributed by atoms with van der Waals surface area (Å²) in [7, 11) is -22.3. The molecule has 0 atom stereocenters. The Morgan fingerprint density at radius 1 is 0.620 bits per heavy atom. The number of hydrogen-bond acceptors (Lipinski definition) is 11. The Bertz CT molecular complexity index is 1330. The van der Waals surface area contributed by atoms with Crippen LogP contribution in [0.5, 0.6) is 0 Å². The molecule has 0 saturated carbocycles. The third-order valence-electron chi connectivity index (χ3n) is 3.72. The smallest absolute Gasteiger partial charge is 0.299 e. The Labute approximate surface area is 277 Å². The van der Waals surface area contributed by atoms with E-state index >= 15 is 0 Å². The summed E-state index contributed by atoms with van der Waals surface area (Å²) in [5.41, 5.74) is 1.64. The van der Waals surface area contributed by atoms with Crippen LogP contribution in [0.1, 0.15) is 0 Å². The first-order valence-electron chi connectivity index (χ1n) is 10.9. The molecule has 2 aromatic rings. The van der Waals surface area contributed by atoms with Gasteiger partial charge < -0.3 is 0 Å². The van der Waals surface area contributed by atoms with Crippen LogP contribution >= 0.6 is 55.2 Å². The summed E-state index contributed by atoms with van der Waals surface area (Å²) < 4.78 is 118. The molecule has 0 amide bonds. The van der Waals surface area contributed by atoms with Gasteiger partial charge in [0.05, 0.1) is 0 Å². The van der Waals surface area contributed by atoms with Gasteiger partial charge in [-0.05, 0) is 0 Å². The van der Waals surface area contributed by atoms with E-state index in [1.807, 2.05) is 46.4 Å². The molecule has 0 aliphatic heterocycles. The van der Waals surface area contributed by atoms with E-state index in [4.69, 9.17) is 86.1 Å². The number of H-pyrrole nitrogens is 1. The molecule has 13 N–H and O–H groups in total. The van der Waals surface area contributed by atoms with E-state index in [9.17, 15) is 30.4 Å². The molecule has 0 radical (unpaired) electrons. The molecule has 2 rings (SSSR count). The maximum Gasteiger partial charge on any atom is 0.507 e. The van der Waals surface area contributed by atoms with Crippen LogP contribution in [0, 0.1) is 5.21 Å². The van der Waals surface area contributed by atoms with E-state index in [-0.39, 0.29) is 4.42 Å². The van der Waals surface area contributed by atoms with E-state index in [0.29, 0.717) is 0 Å². The Hall–Kier alpha value is -0.630. The summed E-state index contributed by atoms with van der Waals surface area (Å²) in [6.07, 6.45) is 0. The normalized spacial score (nSPS) is 12.9. The number of benzene rings is 1. The Balaban J connectivity index is -0.000000185. The molecule has 1 heterocycles. The van der Waals surface area contributed by atoms with Crippen molar-refractivity contribution in [3.63, 3.8) is 0 Å². The fourth-order valence-electron chi connectivity index (χ4n) is 3.28. The standard InChI is InChI=1S/C12H23N6OP.6FH2O3P/c1-16(2)20(17(3)4,18(5,6)19)11-9-7-8-10-12(11)14-15-13-10;6*1-5(2,3)4/h7-9,20H,1-6H3,(H,13,14,15);6*(H2,2,3,4). The minimum absolute atomic E-state index is 0.390. The van der Waals surface area contributed by atoms with Gasteiger partial charge in [-0.25, -0.2) is 27.4 Å². The quantitative estimate of drug-likeness (QED) is 0.116. The zero-order chi connectivity index (χ0) is 42.1. The number of rotatable bonds is 4. The van der Waals surface area contributed by atoms with Crippen molar-refractivity contribution >= 4 is 71.5 Å². The third-order valence-corrected chi connectivity index (χ3v) is 8.84. The van der Waals surface area contributed by atoms with Crippen molar-refractivity contribution in [3.8, 4) is 0 Å². The third kappa shape index (κ3) is 47.4. The van der Waals surface area contributed by atoms with Crippen molar-refractivity contribution < 1.29 is 116 Å². The molecule has 38 heteroatoms. The number of aromatic nitrogens is 3. The Kier molecular flexibility index (Phi) is 27.2. The zero-order valence-electron chi connectivity index (χ0n) is 25.6. The van der Waals surface area contributed by atoms with E-state index in [1.54, 1.807) is 14.1 Å². The second-order valence-electron chi connectivity index (χ2n) is 8.63. The molecule has 0 spiro atoms. The number of hydrogen-bond donors (Lipinski definition) is 13. The van der Waals surface area contributed by atoms with Crippen molar-refractivity contribution in [2.24, 2.45) is 0 Å². The van der Waals surface area contributed by atoms with E-state index < -0.39 is 55.2 Å². The monoisotopic (exact) mass is 898 g/mol. The minimum atomic E-state index is -5.14. The maximum absolute atomic E-state index is 13.0. The van der Waals surface area contributed by atoms with E-state index in [0.717, 1.165) is 16.3 Å². The molecule has 0 unspecified atom stereocenters. The summed E-state index contributed by atoms with van der Waals surface area (Å²) in [6, 6.07) is 5.87. The van der Waals surface area contributed by atoms with Crippen LogP contribution in [0.4, 0.5) is 25.2 Å². The molecule has 0 bridgehead atoms. The molecule has 0 fully saturated rings.